The second kappa shape index (κ2) is 7.24. The Kier molecular flexibility index (Phi) is 6.26. The van der Waals surface area contributed by atoms with Gasteiger partial charge in [-0.25, -0.2) is 0 Å². The molecule has 0 amide bonds. The SMILES string of the molecule is CCCCCCCCOCC1(C)COC1. The molecule has 1 saturated heterocycles. The van der Waals surface area contributed by atoms with Gasteiger partial charge >= 0.3 is 0 Å². The van der Waals surface area contributed by atoms with Crippen LogP contribution in [0, 0.1) is 5.41 Å². The average Bonchev–Trinajstić information content (AvgIpc) is 2.19. The molecule has 0 saturated carbocycles. The zero-order valence-corrected chi connectivity index (χ0v) is 10.4. The first-order valence-corrected chi connectivity index (χ1v) is 6.42. The van der Waals surface area contributed by atoms with Crippen LogP contribution in [0.2, 0.25) is 0 Å². The van der Waals surface area contributed by atoms with E-state index in [4.69, 9.17) is 9.47 Å². The zero-order chi connectivity index (χ0) is 11.0. The van der Waals surface area contributed by atoms with Crippen LogP contribution in [0.1, 0.15) is 52.4 Å². The van der Waals surface area contributed by atoms with E-state index in [0.29, 0.717) is 5.41 Å². The fourth-order valence-electron chi connectivity index (χ4n) is 1.84. The van der Waals surface area contributed by atoms with Gasteiger partial charge in [-0.15, -0.1) is 0 Å². The normalized spacial score (nSPS) is 18.8. The molecule has 1 heterocycles. The van der Waals surface area contributed by atoms with Crippen LogP contribution in [0.5, 0.6) is 0 Å². The molecule has 0 aliphatic carbocycles. The van der Waals surface area contributed by atoms with Crippen molar-refractivity contribution in [3.05, 3.63) is 0 Å². The van der Waals surface area contributed by atoms with E-state index in [1.807, 2.05) is 0 Å². The van der Waals surface area contributed by atoms with Crippen molar-refractivity contribution in [2.45, 2.75) is 52.4 Å². The Morgan fingerprint density at radius 1 is 1.07 bits per heavy atom. The maximum absolute atomic E-state index is 5.67. The number of hydrogen-bond acceptors (Lipinski definition) is 2. The maximum Gasteiger partial charge on any atom is 0.0564 e. The Bertz CT molecular complexity index is 153. The Morgan fingerprint density at radius 2 is 1.73 bits per heavy atom. The minimum Gasteiger partial charge on any atom is -0.381 e. The van der Waals surface area contributed by atoms with E-state index in [0.717, 1.165) is 26.4 Å². The minimum absolute atomic E-state index is 0.322. The van der Waals surface area contributed by atoms with Crippen LogP contribution in [0.3, 0.4) is 0 Å². The standard InChI is InChI=1S/C13H26O2/c1-3-4-5-6-7-8-9-14-10-13(2)11-15-12-13/h3-12H2,1-2H3. The first-order chi connectivity index (χ1) is 7.27. The van der Waals surface area contributed by atoms with Crippen molar-refractivity contribution in [3.63, 3.8) is 0 Å². The molecule has 0 unspecified atom stereocenters. The van der Waals surface area contributed by atoms with Crippen LogP contribution in [0.4, 0.5) is 0 Å². The molecule has 0 aromatic rings. The monoisotopic (exact) mass is 214 g/mol. The van der Waals surface area contributed by atoms with E-state index >= 15 is 0 Å². The van der Waals surface area contributed by atoms with Crippen LogP contribution >= 0.6 is 0 Å². The van der Waals surface area contributed by atoms with Gasteiger partial charge < -0.3 is 9.47 Å². The Labute approximate surface area is 94.3 Å². The Morgan fingerprint density at radius 3 is 2.33 bits per heavy atom. The highest BCUT2D eigenvalue weighted by molar-refractivity contribution is 4.79. The average molecular weight is 214 g/mol. The van der Waals surface area contributed by atoms with Crippen LogP contribution in [0.15, 0.2) is 0 Å². The van der Waals surface area contributed by atoms with Crippen molar-refractivity contribution in [1.82, 2.24) is 0 Å². The smallest absolute Gasteiger partial charge is 0.0564 e. The van der Waals surface area contributed by atoms with Gasteiger partial charge in [0.05, 0.1) is 19.8 Å². The van der Waals surface area contributed by atoms with Gasteiger partial charge in [-0.05, 0) is 6.42 Å². The van der Waals surface area contributed by atoms with Gasteiger partial charge in [-0.3, -0.25) is 0 Å². The summed E-state index contributed by atoms with van der Waals surface area (Å²) in [6.07, 6.45) is 8.03. The molecule has 1 fully saturated rings. The quantitative estimate of drug-likeness (QED) is 0.548. The van der Waals surface area contributed by atoms with Crippen LogP contribution in [-0.4, -0.2) is 26.4 Å². The Hall–Kier alpha value is -0.0800. The summed E-state index contributed by atoms with van der Waals surface area (Å²) in [4.78, 5) is 0. The molecular formula is C13H26O2. The molecule has 0 aromatic carbocycles. The first-order valence-electron chi connectivity index (χ1n) is 6.42. The summed E-state index contributed by atoms with van der Waals surface area (Å²) < 4.78 is 10.8. The van der Waals surface area contributed by atoms with Gasteiger partial charge in [0.2, 0.25) is 0 Å². The van der Waals surface area contributed by atoms with E-state index in [9.17, 15) is 0 Å². The minimum atomic E-state index is 0.322. The van der Waals surface area contributed by atoms with Crippen molar-refractivity contribution in [2.24, 2.45) is 5.41 Å². The Balaban J connectivity index is 1.77. The third kappa shape index (κ3) is 5.53. The van der Waals surface area contributed by atoms with Crippen molar-refractivity contribution in [3.8, 4) is 0 Å². The predicted octanol–water partition coefficient (Wildman–Crippen LogP) is 3.40. The number of hydrogen-bond donors (Lipinski definition) is 0. The largest absolute Gasteiger partial charge is 0.381 e. The second-order valence-electron chi connectivity index (χ2n) is 5.12. The summed E-state index contributed by atoms with van der Waals surface area (Å²) in [5.74, 6) is 0. The summed E-state index contributed by atoms with van der Waals surface area (Å²) in [7, 11) is 0. The van der Waals surface area contributed by atoms with Gasteiger partial charge in [0.15, 0.2) is 0 Å². The molecule has 0 N–H and O–H groups in total. The molecule has 1 aliphatic heterocycles. The van der Waals surface area contributed by atoms with Crippen molar-refractivity contribution >= 4 is 0 Å². The topological polar surface area (TPSA) is 18.5 Å². The fourth-order valence-corrected chi connectivity index (χ4v) is 1.84. The summed E-state index contributed by atoms with van der Waals surface area (Å²) in [6, 6.07) is 0. The summed E-state index contributed by atoms with van der Waals surface area (Å²) in [6.45, 7) is 8.05. The van der Waals surface area contributed by atoms with Crippen LogP contribution in [0.25, 0.3) is 0 Å². The molecule has 2 heteroatoms. The highest BCUT2D eigenvalue weighted by Crippen LogP contribution is 2.26. The van der Waals surface area contributed by atoms with Gasteiger partial charge in [0, 0.05) is 12.0 Å². The molecule has 2 nitrogen and oxygen atoms in total. The molecule has 0 radical (unpaired) electrons. The van der Waals surface area contributed by atoms with Crippen molar-refractivity contribution < 1.29 is 9.47 Å². The molecule has 1 aliphatic rings. The molecule has 90 valence electrons. The van der Waals surface area contributed by atoms with Gasteiger partial charge in [-0.2, -0.15) is 0 Å². The third-order valence-corrected chi connectivity index (χ3v) is 2.99. The van der Waals surface area contributed by atoms with Gasteiger partial charge in [0.25, 0.3) is 0 Å². The van der Waals surface area contributed by atoms with Crippen molar-refractivity contribution in [1.29, 1.82) is 0 Å². The summed E-state index contributed by atoms with van der Waals surface area (Å²) in [5, 5.41) is 0. The molecule has 15 heavy (non-hydrogen) atoms. The predicted molar refractivity (Wildman–Crippen MR) is 63.1 cm³/mol. The van der Waals surface area contributed by atoms with Crippen LogP contribution in [-0.2, 0) is 9.47 Å². The van der Waals surface area contributed by atoms with Crippen molar-refractivity contribution in [2.75, 3.05) is 26.4 Å². The number of ether oxygens (including phenoxy) is 2. The van der Waals surface area contributed by atoms with Crippen LogP contribution < -0.4 is 0 Å². The fraction of sp³-hybridized carbons (Fsp3) is 1.00. The third-order valence-electron chi connectivity index (χ3n) is 2.99. The maximum atomic E-state index is 5.67. The lowest BCUT2D eigenvalue weighted by Crippen LogP contribution is -2.43. The molecule has 0 spiro atoms. The molecule has 0 aromatic heterocycles. The lowest BCUT2D eigenvalue weighted by Gasteiger charge is -2.37. The molecular weight excluding hydrogens is 188 g/mol. The van der Waals surface area contributed by atoms with E-state index in [1.165, 1.54) is 38.5 Å². The van der Waals surface area contributed by atoms with Gasteiger partial charge in [-0.1, -0.05) is 46.0 Å². The number of unbranched alkanes of at least 4 members (excludes halogenated alkanes) is 5. The van der Waals surface area contributed by atoms with Gasteiger partial charge in [0.1, 0.15) is 0 Å². The second-order valence-corrected chi connectivity index (χ2v) is 5.12. The highest BCUT2D eigenvalue weighted by Gasteiger charge is 2.33. The molecule has 0 atom stereocenters. The molecule has 1 rings (SSSR count). The lowest BCUT2D eigenvalue weighted by atomic mass is 9.90. The summed E-state index contributed by atoms with van der Waals surface area (Å²) in [5.41, 5.74) is 0.322. The van der Waals surface area contributed by atoms with E-state index < -0.39 is 0 Å². The van der Waals surface area contributed by atoms with E-state index in [2.05, 4.69) is 13.8 Å². The molecule has 0 bridgehead atoms. The zero-order valence-electron chi connectivity index (χ0n) is 10.4. The highest BCUT2D eigenvalue weighted by atomic mass is 16.5. The van der Waals surface area contributed by atoms with E-state index in [-0.39, 0.29) is 0 Å². The lowest BCUT2D eigenvalue weighted by molar-refractivity contribution is -0.137. The summed E-state index contributed by atoms with van der Waals surface area (Å²) >= 11 is 0. The van der Waals surface area contributed by atoms with E-state index in [1.54, 1.807) is 0 Å². The first kappa shape index (κ1) is 13.0. The number of rotatable bonds is 9.